The van der Waals surface area contributed by atoms with E-state index in [4.69, 9.17) is 4.74 Å². The molecule has 0 unspecified atom stereocenters. The number of nitrogens with zero attached hydrogens (tertiary/aromatic N) is 3. The Morgan fingerprint density at radius 1 is 1.24 bits per heavy atom. The van der Waals surface area contributed by atoms with E-state index in [9.17, 15) is 0 Å². The fourth-order valence-corrected chi connectivity index (χ4v) is 2.72. The van der Waals surface area contributed by atoms with E-state index in [1.54, 1.807) is 0 Å². The van der Waals surface area contributed by atoms with Crippen LogP contribution in [0, 0.1) is 6.92 Å². The van der Waals surface area contributed by atoms with Gasteiger partial charge < -0.3 is 9.72 Å². The number of imidazole rings is 1. The largest absolute Gasteiger partial charge is 0.381 e. The maximum atomic E-state index is 5.41. The van der Waals surface area contributed by atoms with Crippen LogP contribution in [0.25, 0.3) is 22.6 Å². The molecule has 106 valence electrons. The van der Waals surface area contributed by atoms with Gasteiger partial charge in [-0.05, 0) is 18.9 Å². The van der Waals surface area contributed by atoms with Crippen molar-refractivity contribution >= 4 is 11.2 Å². The lowest BCUT2D eigenvalue weighted by molar-refractivity contribution is 0.193. The summed E-state index contributed by atoms with van der Waals surface area (Å²) in [5.74, 6) is 1.98. The predicted octanol–water partition coefficient (Wildman–Crippen LogP) is 2.83. The molecule has 21 heavy (non-hydrogen) atoms. The first-order chi connectivity index (χ1) is 10.3. The van der Waals surface area contributed by atoms with E-state index in [1.807, 2.05) is 18.3 Å². The summed E-state index contributed by atoms with van der Waals surface area (Å²) in [5, 5.41) is 0. The number of hydrogen-bond acceptors (Lipinski definition) is 4. The second-order valence-electron chi connectivity index (χ2n) is 5.43. The van der Waals surface area contributed by atoms with Gasteiger partial charge in [-0.1, -0.05) is 24.3 Å². The van der Waals surface area contributed by atoms with Gasteiger partial charge in [-0.15, -0.1) is 0 Å². The zero-order valence-corrected chi connectivity index (χ0v) is 11.8. The molecular formula is C16H16N4O. The predicted molar refractivity (Wildman–Crippen MR) is 80.0 cm³/mol. The van der Waals surface area contributed by atoms with Crippen molar-refractivity contribution < 1.29 is 4.74 Å². The van der Waals surface area contributed by atoms with Crippen molar-refractivity contribution in [1.29, 1.82) is 0 Å². The highest BCUT2D eigenvalue weighted by molar-refractivity contribution is 5.76. The molecule has 0 radical (unpaired) electrons. The average Bonchev–Trinajstić information content (AvgIpc) is 3.16. The van der Waals surface area contributed by atoms with Crippen LogP contribution in [0.5, 0.6) is 0 Å². The SMILES string of the molecule is Cc1ccccc1-c1nc2nc([C@H]3CCOC3)ncc2[nH]1. The minimum atomic E-state index is 0.299. The van der Waals surface area contributed by atoms with Gasteiger partial charge in [0, 0.05) is 18.1 Å². The third-order valence-corrected chi connectivity index (χ3v) is 3.95. The zero-order chi connectivity index (χ0) is 14.2. The zero-order valence-electron chi connectivity index (χ0n) is 11.8. The first-order valence-electron chi connectivity index (χ1n) is 7.17. The molecular weight excluding hydrogens is 264 g/mol. The van der Waals surface area contributed by atoms with Crippen molar-refractivity contribution in [2.75, 3.05) is 13.2 Å². The Kier molecular flexibility index (Phi) is 2.93. The van der Waals surface area contributed by atoms with Crippen LogP contribution in [0.4, 0.5) is 0 Å². The maximum absolute atomic E-state index is 5.41. The average molecular weight is 280 g/mol. The minimum Gasteiger partial charge on any atom is -0.381 e. The second-order valence-corrected chi connectivity index (χ2v) is 5.43. The molecule has 1 aliphatic heterocycles. The lowest BCUT2D eigenvalue weighted by atomic mass is 10.1. The summed E-state index contributed by atoms with van der Waals surface area (Å²) < 4.78 is 5.41. The molecule has 0 amide bonds. The van der Waals surface area contributed by atoms with Crippen LogP contribution in [0.2, 0.25) is 0 Å². The molecule has 0 spiro atoms. The van der Waals surface area contributed by atoms with Gasteiger partial charge in [-0.25, -0.2) is 15.0 Å². The number of aryl methyl sites for hydroxylation is 1. The number of aromatic nitrogens is 4. The quantitative estimate of drug-likeness (QED) is 0.784. The van der Waals surface area contributed by atoms with Crippen molar-refractivity contribution in [3.8, 4) is 11.4 Å². The number of fused-ring (bicyclic) bond motifs is 1. The Morgan fingerprint density at radius 2 is 2.14 bits per heavy atom. The molecule has 1 atom stereocenters. The van der Waals surface area contributed by atoms with Crippen LogP contribution >= 0.6 is 0 Å². The summed E-state index contributed by atoms with van der Waals surface area (Å²) in [6.45, 7) is 3.58. The maximum Gasteiger partial charge on any atom is 0.181 e. The molecule has 3 heterocycles. The minimum absolute atomic E-state index is 0.299. The van der Waals surface area contributed by atoms with Gasteiger partial charge in [0.05, 0.1) is 12.8 Å². The number of ether oxygens (including phenoxy) is 1. The number of nitrogens with one attached hydrogen (secondary N) is 1. The Balaban J connectivity index is 1.78. The third-order valence-electron chi connectivity index (χ3n) is 3.95. The normalized spacial score (nSPS) is 18.4. The van der Waals surface area contributed by atoms with Gasteiger partial charge in [-0.2, -0.15) is 0 Å². The molecule has 0 aliphatic carbocycles. The van der Waals surface area contributed by atoms with E-state index in [2.05, 4.69) is 39.0 Å². The Hall–Kier alpha value is -2.27. The summed E-state index contributed by atoms with van der Waals surface area (Å²) in [4.78, 5) is 17.0. The second kappa shape index (κ2) is 4.93. The number of H-pyrrole nitrogens is 1. The van der Waals surface area contributed by atoms with Crippen LogP contribution in [0.15, 0.2) is 30.5 Å². The van der Waals surface area contributed by atoms with Gasteiger partial charge in [-0.3, -0.25) is 0 Å². The van der Waals surface area contributed by atoms with Crippen molar-refractivity contribution in [2.24, 2.45) is 0 Å². The molecule has 1 fully saturated rings. The lowest BCUT2D eigenvalue weighted by Gasteiger charge is -2.03. The van der Waals surface area contributed by atoms with Gasteiger partial charge in [0.2, 0.25) is 0 Å². The fourth-order valence-electron chi connectivity index (χ4n) is 2.72. The molecule has 1 N–H and O–H groups in total. The van der Waals surface area contributed by atoms with E-state index in [0.717, 1.165) is 41.4 Å². The summed E-state index contributed by atoms with van der Waals surface area (Å²) in [6.07, 6.45) is 2.81. The van der Waals surface area contributed by atoms with E-state index < -0.39 is 0 Å². The van der Waals surface area contributed by atoms with Crippen LogP contribution in [0.1, 0.15) is 23.7 Å². The molecule has 3 aromatic rings. The molecule has 5 nitrogen and oxygen atoms in total. The van der Waals surface area contributed by atoms with Gasteiger partial charge in [0.25, 0.3) is 0 Å². The van der Waals surface area contributed by atoms with Crippen molar-refractivity contribution in [3.05, 3.63) is 41.9 Å². The number of benzene rings is 1. The highest BCUT2D eigenvalue weighted by Gasteiger charge is 2.21. The lowest BCUT2D eigenvalue weighted by Crippen LogP contribution is -2.03. The number of aromatic amines is 1. The summed E-state index contributed by atoms with van der Waals surface area (Å²) in [6, 6.07) is 8.18. The van der Waals surface area contributed by atoms with Crippen LogP contribution in [-0.2, 0) is 4.74 Å². The van der Waals surface area contributed by atoms with E-state index in [0.29, 0.717) is 12.5 Å². The highest BCUT2D eigenvalue weighted by atomic mass is 16.5. The summed E-state index contributed by atoms with van der Waals surface area (Å²) in [7, 11) is 0. The summed E-state index contributed by atoms with van der Waals surface area (Å²) >= 11 is 0. The van der Waals surface area contributed by atoms with E-state index >= 15 is 0 Å². The Bertz CT molecular complexity index is 790. The van der Waals surface area contributed by atoms with E-state index in [1.165, 1.54) is 5.56 Å². The number of rotatable bonds is 2. The molecule has 2 aromatic heterocycles. The Labute approximate surface area is 122 Å². The Morgan fingerprint density at radius 3 is 2.95 bits per heavy atom. The molecule has 1 aliphatic rings. The molecule has 0 bridgehead atoms. The van der Waals surface area contributed by atoms with Crippen molar-refractivity contribution in [3.63, 3.8) is 0 Å². The number of hydrogen-bond donors (Lipinski definition) is 1. The molecule has 4 rings (SSSR count). The molecule has 5 heteroatoms. The van der Waals surface area contributed by atoms with Gasteiger partial charge in [0.15, 0.2) is 5.65 Å². The van der Waals surface area contributed by atoms with Crippen molar-refractivity contribution in [1.82, 2.24) is 19.9 Å². The standard InChI is InChI=1S/C16H16N4O/c1-10-4-2-3-5-12(10)15-18-13-8-17-14(19-16(13)20-15)11-6-7-21-9-11/h2-5,8,11H,6-7,9H2,1H3,(H,17,18,19,20)/t11-/m0/s1. The highest BCUT2D eigenvalue weighted by Crippen LogP contribution is 2.25. The van der Waals surface area contributed by atoms with Crippen LogP contribution < -0.4 is 0 Å². The first kappa shape index (κ1) is 12.5. The molecule has 1 aromatic carbocycles. The smallest absolute Gasteiger partial charge is 0.181 e. The van der Waals surface area contributed by atoms with Crippen LogP contribution in [-0.4, -0.2) is 33.1 Å². The third kappa shape index (κ3) is 2.19. The van der Waals surface area contributed by atoms with Crippen molar-refractivity contribution in [2.45, 2.75) is 19.3 Å². The van der Waals surface area contributed by atoms with Crippen LogP contribution in [0.3, 0.4) is 0 Å². The van der Waals surface area contributed by atoms with Gasteiger partial charge in [0.1, 0.15) is 17.2 Å². The molecule has 0 saturated carbocycles. The fraction of sp³-hybridized carbons (Fsp3) is 0.312. The topological polar surface area (TPSA) is 63.7 Å². The molecule has 1 saturated heterocycles. The van der Waals surface area contributed by atoms with E-state index in [-0.39, 0.29) is 0 Å². The van der Waals surface area contributed by atoms with Gasteiger partial charge >= 0.3 is 0 Å². The monoisotopic (exact) mass is 280 g/mol. The summed E-state index contributed by atoms with van der Waals surface area (Å²) in [5.41, 5.74) is 3.89. The first-order valence-corrected chi connectivity index (χ1v) is 7.17.